The van der Waals surface area contributed by atoms with E-state index < -0.39 is 7.75 Å². The van der Waals surface area contributed by atoms with Gasteiger partial charge in [0.1, 0.15) is 0 Å². The quantitative estimate of drug-likeness (QED) is 0.453. The highest BCUT2D eigenvalue weighted by molar-refractivity contribution is 7.50. The van der Waals surface area contributed by atoms with E-state index in [-0.39, 0.29) is 0 Å². The number of hydrogen-bond acceptors (Lipinski definition) is 2. The van der Waals surface area contributed by atoms with E-state index in [2.05, 4.69) is 12.0 Å². The minimum Gasteiger partial charge on any atom is -0.312 e. The van der Waals surface area contributed by atoms with Gasteiger partial charge < -0.3 is 4.89 Å². The molecule has 0 saturated carbocycles. The van der Waals surface area contributed by atoms with Crippen LogP contribution in [0.1, 0.15) is 52.4 Å². The van der Waals surface area contributed by atoms with E-state index in [1.807, 2.05) is 6.92 Å². The van der Waals surface area contributed by atoms with Crippen molar-refractivity contribution >= 4 is 7.75 Å². The number of hydrogen-bond donors (Lipinski definition) is 2. The largest absolute Gasteiger partial charge is 0.402 e. The van der Waals surface area contributed by atoms with E-state index >= 15 is 0 Å². The molecule has 92 valence electrons. The van der Waals surface area contributed by atoms with E-state index in [0.717, 1.165) is 25.7 Å². The molecule has 0 amide bonds. The summed E-state index contributed by atoms with van der Waals surface area (Å²) in [7, 11) is -3.52. The van der Waals surface area contributed by atoms with Gasteiger partial charge >= 0.3 is 7.75 Å². The fraction of sp³-hybridized carbons (Fsp3) is 1.00. The molecule has 0 saturated heterocycles. The SMILES string of the molecule is CCCCCCNP(=O)(O)OCCCC. The molecule has 5 heteroatoms. The monoisotopic (exact) mass is 237 g/mol. The molecule has 0 aromatic carbocycles. The predicted molar refractivity (Wildman–Crippen MR) is 62.8 cm³/mol. The van der Waals surface area contributed by atoms with E-state index in [1.165, 1.54) is 12.8 Å². The molecule has 0 aliphatic carbocycles. The van der Waals surface area contributed by atoms with Gasteiger partial charge in [-0.3, -0.25) is 4.52 Å². The Kier molecular flexibility index (Phi) is 9.41. The summed E-state index contributed by atoms with van der Waals surface area (Å²) in [5.41, 5.74) is 0. The van der Waals surface area contributed by atoms with E-state index in [4.69, 9.17) is 4.52 Å². The maximum absolute atomic E-state index is 11.3. The number of rotatable bonds is 10. The van der Waals surface area contributed by atoms with Crippen LogP contribution in [0.3, 0.4) is 0 Å². The number of unbranched alkanes of at least 4 members (excludes halogenated alkanes) is 4. The Labute approximate surface area is 93.0 Å². The molecule has 1 unspecified atom stereocenters. The van der Waals surface area contributed by atoms with Crippen molar-refractivity contribution in [1.29, 1.82) is 0 Å². The van der Waals surface area contributed by atoms with Gasteiger partial charge in [0.25, 0.3) is 0 Å². The first kappa shape index (κ1) is 15.1. The first-order valence-corrected chi connectivity index (χ1v) is 7.42. The second-order valence-corrected chi connectivity index (χ2v) is 5.29. The van der Waals surface area contributed by atoms with Crippen molar-refractivity contribution in [3.05, 3.63) is 0 Å². The molecule has 4 nitrogen and oxygen atoms in total. The van der Waals surface area contributed by atoms with E-state index in [0.29, 0.717) is 13.2 Å². The molecule has 0 aromatic rings. The molecule has 0 radical (unpaired) electrons. The lowest BCUT2D eigenvalue weighted by Crippen LogP contribution is -2.14. The van der Waals surface area contributed by atoms with Crippen LogP contribution in [0.5, 0.6) is 0 Å². The van der Waals surface area contributed by atoms with Gasteiger partial charge in [-0.15, -0.1) is 0 Å². The third-order valence-corrected chi connectivity index (χ3v) is 3.26. The van der Waals surface area contributed by atoms with Crippen molar-refractivity contribution < 1.29 is 14.0 Å². The first-order chi connectivity index (χ1) is 7.12. The summed E-state index contributed by atoms with van der Waals surface area (Å²) in [6.07, 6.45) is 6.16. The maximum atomic E-state index is 11.3. The van der Waals surface area contributed by atoms with Gasteiger partial charge in [-0.2, -0.15) is 0 Å². The average molecular weight is 237 g/mol. The molecule has 15 heavy (non-hydrogen) atoms. The van der Waals surface area contributed by atoms with Gasteiger partial charge in [-0.1, -0.05) is 39.5 Å². The normalized spacial score (nSPS) is 15.1. The number of nitrogens with one attached hydrogen (secondary N) is 1. The van der Waals surface area contributed by atoms with Crippen molar-refractivity contribution in [3.63, 3.8) is 0 Å². The Bertz CT molecular complexity index is 188. The minimum absolute atomic E-state index is 0.353. The van der Waals surface area contributed by atoms with Gasteiger partial charge in [0, 0.05) is 6.54 Å². The Morgan fingerprint density at radius 1 is 1.13 bits per heavy atom. The fourth-order valence-corrected chi connectivity index (χ4v) is 2.06. The summed E-state index contributed by atoms with van der Waals surface area (Å²) in [4.78, 5) is 9.32. The summed E-state index contributed by atoms with van der Waals surface area (Å²) < 4.78 is 16.2. The Balaban J connectivity index is 3.43. The molecule has 0 fully saturated rings. The van der Waals surface area contributed by atoms with Gasteiger partial charge in [0.15, 0.2) is 0 Å². The Hall–Kier alpha value is 0.110. The topological polar surface area (TPSA) is 58.6 Å². The van der Waals surface area contributed by atoms with Crippen LogP contribution in [0.2, 0.25) is 0 Å². The standard InChI is InChI=1S/C10H24NO3P/c1-3-5-7-8-9-11-15(12,13)14-10-6-4-2/h3-10H2,1-2H3,(H2,11,12,13). The second kappa shape index (κ2) is 9.34. The summed E-state index contributed by atoms with van der Waals surface area (Å²) >= 11 is 0. The van der Waals surface area contributed by atoms with Crippen molar-refractivity contribution in [2.45, 2.75) is 52.4 Å². The molecule has 0 spiro atoms. The van der Waals surface area contributed by atoms with Crippen LogP contribution in [-0.2, 0) is 9.09 Å². The first-order valence-electron chi connectivity index (χ1n) is 5.85. The van der Waals surface area contributed by atoms with Crippen LogP contribution in [0.4, 0.5) is 0 Å². The average Bonchev–Trinajstić information content (AvgIpc) is 2.17. The predicted octanol–water partition coefficient (Wildman–Crippen LogP) is 3.07. The lowest BCUT2D eigenvalue weighted by atomic mass is 10.2. The summed E-state index contributed by atoms with van der Waals surface area (Å²) in [5.74, 6) is 0. The van der Waals surface area contributed by atoms with Crippen LogP contribution in [0.15, 0.2) is 0 Å². The van der Waals surface area contributed by atoms with Crippen LogP contribution < -0.4 is 5.09 Å². The molecule has 0 rings (SSSR count). The van der Waals surface area contributed by atoms with E-state index in [9.17, 15) is 9.46 Å². The third-order valence-electron chi connectivity index (χ3n) is 2.11. The summed E-state index contributed by atoms with van der Waals surface area (Å²) in [6.45, 7) is 5.06. The van der Waals surface area contributed by atoms with Crippen molar-refractivity contribution in [2.24, 2.45) is 0 Å². The molecule has 0 aromatic heterocycles. The molecular formula is C10H24NO3P. The molecule has 2 N–H and O–H groups in total. The lowest BCUT2D eigenvalue weighted by Gasteiger charge is -2.12. The van der Waals surface area contributed by atoms with Crippen LogP contribution in [-0.4, -0.2) is 18.0 Å². The molecule has 0 aliphatic rings. The zero-order chi connectivity index (χ0) is 11.6. The highest BCUT2D eigenvalue weighted by atomic mass is 31.2. The molecule has 0 bridgehead atoms. The highest BCUT2D eigenvalue weighted by Crippen LogP contribution is 2.36. The van der Waals surface area contributed by atoms with Crippen LogP contribution >= 0.6 is 7.75 Å². The van der Waals surface area contributed by atoms with Gasteiger partial charge in [-0.25, -0.2) is 9.65 Å². The molecule has 1 atom stereocenters. The van der Waals surface area contributed by atoms with Gasteiger partial charge in [0.05, 0.1) is 6.61 Å². The highest BCUT2D eigenvalue weighted by Gasteiger charge is 2.16. The zero-order valence-electron chi connectivity index (χ0n) is 9.87. The third kappa shape index (κ3) is 10.4. The fourth-order valence-electron chi connectivity index (χ4n) is 1.15. The van der Waals surface area contributed by atoms with Crippen molar-refractivity contribution in [2.75, 3.05) is 13.2 Å². The van der Waals surface area contributed by atoms with E-state index in [1.54, 1.807) is 0 Å². The zero-order valence-corrected chi connectivity index (χ0v) is 10.8. The second-order valence-electron chi connectivity index (χ2n) is 3.68. The van der Waals surface area contributed by atoms with Crippen molar-refractivity contribution in [1.82, 2.24) is 5.09 Å². The smallest absolute Gasteiger partial charge is 0.312 e. The molecular weight excluding hydrogens is 213 g/mol. The molecule has 0 aliphatic heterocycles. The van der Waals surface area contributed by atoms with Crippen LogP contribution in [0, 0.1) is 0 Å². The van der Waals surface area contributed by atoms with Crippen LogP contribution in [0.25, 0.3) is 0 Å². The van der Waals surface area contributed by atoms with Gasteiger partial charge in [0.2, 0.25) is 0 Å². The minimum atomic E-state index is -3.52. The maximum Gasteiger partial charge on any atom is 0.402 e. The van der Waals surface area contributed by atoms with Gasteiger partial charge in [-0.05, 0) is 12.8 Å². The Morgan fingerprint density at radius 2 is 1.80 bits per heavy atom. The Morgan fingerprint density at radius 3 is 2.40 bits per heavy atom. The lowest BCUT2D eigenvalue weighted by molar-refractivity contribution is 0.245. The molecule has 0 heterocycles. The van der Waals surface area contributed by atoms with Crippen molar-refractivity contribution in [3.8, 4) is 0 Å². The summed E-state index contributed by atoms with van der Waals surface area (Å²) in [5, 5.41) is 2.57. The summed E-state index contributed by atoms with van der Waals surface area (Å²) in [6, 6.07) is 0.